The third kappa shape index (κ3) is 1.89. The molecule has 1 aromatic heterocycles. The van der Waals surface area contributed by atoms with Crippen LogP contribution in [0.1, 0.15) is 25.0 Å². The Morgan fingerprint density at radius 1 is 1.33 bits per heavy atom. The van der Waals surface area contributed by atoms with Crippen LogP contribution < -0.4 is 0 Å². The zero-order valence-corrected chi connectivity index (χ0v) is 10.2. The minimum absolute atomic E-state index is 0.0608. The average molecular weight is 248 g/mol. The monoisotopic (exact) mass is 248 g/mol. The molecule has 2 aliphatic rings. The average Bonchev–Trinajstić information content (AvgIpc) is 2.89. The van der Waals surface area contributed by atoms with E-state index in [0.29, 0.717) is 6.54 Å². The summed E-state index contributed by atoms with van der Waals surface area (Å²) in [6.07, 6.45) is 4.40. The first-order chi connectivity index (χ1) is 8.75. The summed E-state index contributed by atoms with van der Waals surface area (Å²) in [5, 5.41) is 0. The zero-order valence-electron chi connectivity index (χ0n) is 10.2. The van der Waals surface area contributed by atoms with Gasteiger partial charge in [-0.25, -0.2) is 0 Å². The fraction of sp³-hybridized carbons (Fsp3) is 0.538. The summed E-state index contributed by atoms with van der Waals surface area (Å²) in [5.41, 5.74) is 0. The maximum Gasteiger partial charge on any atom is 0.246 e. The van der Waals surface area contributed by atoms with Gasteiger partial charge in [0.15, 0.2) is 0 Å². The molecule has 2 fully saturated rings. The smallest absolute Gasteiger partial charge is 0.246 e. The van der Waals surface area contributed by atoms with E-state index in [-0.39, 0.29) is 24.4 Å². The van der Waals surface area contributed by atoms with E-state index in [1.165, 1.54) is 0 Å². The van der Waals surface area contributed by atoms with Crippen LogP contribution in [-0.2, 0) is 16.1 Å². The largest absolute Gasteiger partial charge is 0.467 e. The highest BCUT2D eigenvalue weighted by Gasteiger charge is 2.40. The molecule has 18 heavy (non-hydrogen) atoms. The van der Waals surface area contributed by atoms with Crippen molar-refractivity contribution in [1.82, 2.24) is 9.80 Å². The highest BCUT2D eigenvalue weighted by molar-refractivity contribution is 5.95. The van der Waals surface area contributed by atoms with E-state index in [1.54, 1.807) is 22.1 Å². The standard InChI is InChI=1S/C13H16N2O3/c16-12-9-14(8-10-4-3-7-18-10)13(17)11-5-1-2-6-15(11)12/h3-4,7,11H,1-2,5-6,8-9H2. The lowest BCUT2D eigenvalue weighted by Gasteiger charge is -2.42. The molecule has 96 valence electrons. The van der Waals surface area contributed by atoms with Gasteiger partial charge in [-0.3, -0.25) is 9.59 Å². The Bertz CT molecular complexity index is 455. The van der Waals surface area contributed by atoms with Gasteiger partial charge >= 0.3 is 0 Å². The molecule has 0 N–H and O–H groups in total. The second-order valence-corrected chi connectivity index (χ2v) is 4.87. The molecular weight excluding hydrogens is 232 g/mol. The van der Waals surface area contributed by atoms with Crippen molar-refractivity contribution in [3.63, 3.8) is 0 Å². The minimum atomic E-state index is -0.241. The van der Waals surface area contributed by atoms with Crippen LogP contribution in [0, 0.1) is 0 Å². The van der Waals surface area contributed by atoms with E-state index >= 15 is 0 Å². The first-order valence-corrected chi connectivity index (χ1v) is 6.36. The van der Waals surface area contributed by atoms with Crippen molar-refractivity contribution in [1.29, 1.82) is 0 Å². The summed E-state index contributed by atoms with van der Waals surface area (Å²) in [6, 6.07) is 3.37. The number of hydrogen-bond acceptors (Lipinski definition) is 3. The molecule has 1 atom stereocenters. The molecule has 0 saturated carbocycles. The quantitative estimate of drug-likeness (QED) is 0.784. The van der Waals surface area contributed by atoms with E-state index < -0.39 is 0 Å². The van der Waals surface area contributed by atoms with Crippen molar-refractivity contribution in [3.8, 4) is 0 Å². The molecular formula is C13H16N2O3. The van der Waals surface area contributed by atoms with Crippen LogP contribution in [0.15, 0.2) is 22.8 Å². The Morgan fingerprint density at radius 3 is 3.00 bits per heavy atom. The summed E-state index contributed by atoms with van der Waals surface area (Å²) < 4.78 is 5.24. The molecule has 5 nitrogen and oxygen atoms in total. The second kappa shape index (κ2) is 4.48. The van der Waals surface area contributed by atoms with Crippen LogP contribution in [0.4, 0.5) is 0 Å². The summed E-state index contributed by atoms with van der Waals surface area (Å²) in [6.45, 7) is 1.29. The molecule has 2 amide bonds. The van der Waals surface area contributed by atoms with E-state index in [1.807, 2.05) is 6.07 Å². The summed E-state index contributed by atoms with van der Waals surface area (Å²) in [5.74, 6) is 0.844. The molecule has 0 spiro atoms. The Kier molecular flexibility index (Phi) is 2.81. The molecule has 0 bridgehead atoms. The zero-order chi connectivity index (χ0) is 12.5. The van der Waals surface area contributed by atoms with Crippen LogP contribution in [-0.4, -0.2) is 40.7 Å². The molecule has 1 unspecified atom stereocenters. The Balaban J connectivity index is 1.76. The van der Waals surface area contributed by atoms with E-state index in [0.717, 1.165) is 31.6 Å². The highest BCUT2D eigenvalue weighted by Crippen LogP contribution is 2.24. The first-order valence-electron chi connectivity index (χ1n) is 6.36. The summed E-state index contributed by atoms with van der Waals surface area (Å²) in [4.78, 5) is 27.7. The van der Waals surface area contributed by atoms with Crippen molar-refractivity contribution < 1.29 is 14.0 Å². The molecule has 0 radical (unpaired) electrons. The van der Waals surface area contributed by atoms with Gasteiger partial charge in [-0.05, 0) is 31.4 Å². The van der Waals surface area contributed by atoms with Gasteiger partial charge in [-0.2, -0.15) is 0 Å². The molecule has 2 aliphatic heterocycles. The molecule has 0 aliphatic carbocycles. The maximum absolute atomic E-state index is 12.3. The van der Waals surface area contributed by atoms with Crippen molar-refractivity contribution in [2.45, 2.75) is 31.8 Å². The van der Waals surface area contributed by atoms with Crippen molar-refractivity contribution in [3.05, 3.63) is 24.2 Å². The van der Waals surface area contributed by atoms with Crippen LogP contribution in [0.25, 0.3) is 0 Å². The Labute approximate surface area is 105 Å². The topological polar surface area (TPSA) is 53.8 Å². The number of furan rings is 1. The maximum atomic E-state index is 12.3. The lowest BCUT2D eigenvalue weighted by molar-refractivity contribution is -0.158. The lowest BCUT2D eigenvalue weighted by Crippen LogP contribution is -2.60. The lowest BCUT2D eigenvalue weighted by atomic mass is 9.98. The Hall–Kier alpha value is -1.78. The van der Waals surface area contributed by atoms with Gasteiger partial charge < -0.3 is 14.2 Å². The third-order valence-electron chi connectivity index (χ3n) is 3.67. The van der Waals surface area contributed by atoms with Crippen LogP contribution in [0.3, 0.4) is 0 Å². The molecule has 3 heterocycles. The predicted molar refractivity (Wildman–Crippen MR) is 63.5 cm³/mol. The predicted octanol–water partition coefficient (Wildman–Crippen LogP) is 1.00. The van der Waals surface area contributed by atoms with Gasteiger partial charge in [0, 0.05) is 6.54 Å². The van der Waals surface area contributed by atoms with Crippen LogP contribution >= 0.6 is 0 Å². The van der Waals surface area contributed by atoms with E-state index in [2.05, 4.69) is 0 Å². The van der Waals surface area contributed by atoms with Crippen LogP contribution in [0.2, 0.25) is 0 Å². The fourth-order valence-corrected chi connectivity index (χ4v) is 2.75. The second-order valence-electron chi connectivity index (χ2n) is 4.87. The number of hydrogen-bond donors (Lipinski definition) is 0. The third-order valence-corrected chi connectivity index (χ3v) is 3.67. The molecule has 1 aromatic rings. The fourth-order valence-electron chi connectivity index (χ4n) is 2.75. The number of piperidine rings is 1. The summed E-state index contributed by atoms with van der Waals surface area (Å²) >= 11 is 0. The highest BCUT2D eigenvalue weighted by atomic mass is 16.3. The number of carbonyl (C=O) groups is 2. The molecule has 5 heteroatoms. The van der Waals surface area contributed by atoms with Crippen molar-refractivity contribution in [2.75, 3.05) is 13.1 Å². The van der Waals surface area contributed by atoms with E-state index in [9.17, 15) is 9.59 Å². The number of rotatable bonds is 2. The van der Waals surface area contributed by atoms with Gasteiger partial charge in [0.05, 0.1) is 12.8 Å². The van der Waals surface area contributed by atoms with Gasteiger partial charge in [-0.15, -0.1) is 0 Å². The molecule has 2 saturated heterocycles. The SMILES string of the molecule is O=C1C2CCCCN2C(=O)CN1Cc1ccco1. The number of fused-ring (bicyclic) bond motifs is 1. The van der Waals surface area contributed by atoms with Crippen molar-refractivity contribution >= 4 is 11.8 Å². The van der Waals surface area contributed by atoms with Crippen LogP contribution in [0.5, 0.6) is 0 Å². The molecule has 3 rings (SSSR count). The van der Waals surface area contributed by atoms with Gasteiger partial charge in [-0.1, -0.05) is 0 Å². The van der Waals surface area contributed by atoms with E-state index in [4.69, 9.17) is 4.42 Å². The first kappa shape index (κ1) is 11.3. The number of carbonyl (C=O) groups excluding carboxylic acids is 2. The van der Waals surface area contributed by atoms with Gasteiger partial charge in [0.25, 0.3) is 0 Å². The summed E-state index contributed by atoms with van der Waals surface area (Å²) in [7, 11) is 0. The normalized spacial score (nSPS) is 24.3. The number of nitrogens with zero attached hydrogens (tertiary/aromatic N) is 2. The van der Waals surface area contributed by atoms with Gasteiger partial charge in [0.1, 0.15) is 18.3 Å². The Morgan fingerprint density at radius 2 is 2.22 bits per heavy atom. The number of amides is 2. The molecule has 0 aromatic carbocycles. The van der Waals surface area contributed by atoms with Crippen molar-refractivity contribution in [2.24, 2.45) is 0 Å². The number of piperazine rings is 1. The minimum Gasteiger partial charge on any atom is -0.467 e. The van der Waals surface area contributed by atoms with Gasteiger partial charge in [0.2, 0.25) is 11.8 Å².